The van der Waals surface area contributed by atoms with Crippen LogP contribution in [0.4, 0.5) is 0 Å². The third-order valence-corrected chi connectivity index (χ3v) is 7.73. The Bertz CT molecular complexity index is 938. The first-order valence-corrected chi connectivity index (χ1v) is 13.3. The van der Waals surface area contributed by atoms with E-state index in [2.05, 4.69) is 6.92 Å². The van der Waals surface area contributed by atoms with Crippen LogP contribution < -0.4 is 4.74 Å². The molecule has 2 aromatic carbocycles. The Balaban J connectivity index is 1.50. The normalized spacial score (nSPS) is 20.1. The maximum Gasteiger partial charge on any atom is 0.306 e. The van der Waals surface area contributed by atoms with Gasteiger partial charge in [-0.2, -0.15) is 0 Å². The first kappa shape index (κ1) is 26.9. The van der Waals surface area contributed by atoms with Crippen molar-refractivity contribution >= 4 is 5.97 Å². The second-order valence-electron chi connectivity index (χ2n) is 10.4. The summed E-state index contributed by atoms with van der Waals surface area (Å²) in [5, 5.41) is 29.0. The first-order chi connectivity index (χ1) is 16.8. The summed E-state index contributed by atoms with van der Waals surface area (Å²) in [6.45, 7) is 4.82. The molecule has 5 heteroatoms. The summed E-state index contributed by atoms with van der Waals surface area (Å²) in [5.74, 6) is 0.708. The van der Waals surface area contributed by atoms with E-state index in [4.69, 9.17) is 4.74 Å². The highest BCUT2D eigenvalue weighted by Crippen LogP contribution is 2.49. The number of carboxylic acid groups (broad SMARTS) is 1. The van der Waals surface area contributed by atoms with Gasteiger partial charge in [-0.05, 0) is 48.6 Å². The van der Waals surface area contributed by atoms with Gasteiger partial charge in [0, 0.05) is 17.4 Å². The minimum atomic E-state index is -0.643. The monoisotopic (exact) mass is 482 g/mol. The van der Waals surface area contributed by atoms with Crippen LogP contribution in [-0.2, 0) is 10.2 Å². The van der Waals surface area contributed by atoms with Gasteiger partial charge in [0.05, 0.1) is 12.5 Å². The summed E-state index contributed by atoms with van der Waals surface area (Å²) >= 11 is 0. The van der Waals surface area contributed by atoms with E-state index in [0.29, 0.717) is 6.61 Å². The van der Waals surface area contributed by atoms with Gasteiger partial charge < -0.3 is 20.1 Å². The van der Waals surface area contributed by atoms with E-state index >= 15 is 0 Å². The van der Waals surface area contributed by atoms with Crippen molar-refractivity contribution in [1.82, 2.24) is 0 Å². The number of phenols is 2. The zero-order valence-corrected chi connectivity index (χ0v) is 21.3. The minimum absolute atomic E-state index is 0.174. The molecule has 3 atom stereocenters. The molecule has 1 unspecified atom stereocenters. The summed E-state index contributed by atoms with van der Waals surface area (Å²) in [7, 11) is 0. The lowest BCUT2D eigenvalue weighted by Crippen LogP contribution is -2.40. The van der Waals surface area contributed by atoms with Gasteiger partial charge in [-0.1, -0.05) is 83.4 Å². The van der Waals surface area contributed by atoms with Crippen molar-refractivity contribution in [3.05, 3.63) is 53.6 Å². The fraction of sp³-hybridized carbons (Fsp3) is 0.567. The van der Waals surface area contributed by atoms with E-state index in [9.17, 15) is 20.1 Å². The van der Waals surface area contributed by atoms with Gasteiger partial charge in [0.2, 0.25) is 0 Å². The highest BCUT2D eigenvalue weighted by atomic mass is 16.5. The molecule has 2 aromatic rings. The summed E-state index contributed by atoms with van der Waals surface area (Å²) in [6, 6.07) is 12.9. The van der Waals surface area contributed by atoms with Crippen LogP contribution in [-0.4, -0.2) is 27.9 Å². The molecule has 0 spiro atoms. The SMILES string of the molecule is CCCC(CCCCCCCCC[C@@H]1c2ccc(O)cc2OC[C@]1(C)c1ccc(O)cc1)C(=O)O. The molecule has 1 aliphatic heterocycles. The molecule has 192 valence electrons. The van der Waals surface area contributed by atoms with Gasteiger partial charge in [-0.25, -0.2) is 0 Å². The number of rotatable bonds is 14. The van der Waals surface area contributed by atoms with E-state index < -0.39 is 5.97 Å². The topological polar surface area (TPSA) is 87.0 Å². The Hall–Kier alpha value is -2.69. The van der Waals surface area contributed by atoms with Crippen LogP contribution in [0.1, 0.15) is 102 Å². The molecule has 0 saturated heterocycles. The maximum absolute atomic E-state index is 11.3. The molecule has 0 amide bonds. The number of hydrogen-bond donors (Lipinski definition) is 3. The predicted molar refractivity (Wildman–Crippen MR) is 139 cm³/mol. The Morgan fingerprint density at radius 1 is 0.943 bits per heavy atom. The van der Waals surface area contributed by atoms with Crippen LogP contribution in [0.3, 0.4) is 0 Å². The Morgan fingerprint density at radius 2 is 1.57 bits per heavy atom. The van der Waals surface area contributed by atoms with Gasteiger partial charge >= 0.3 is 5.97 Å². The van der Waals surface area contributed by atoms with E-state index in [1.807, 2.05) is 25.1 Å². The summed E-state index contributed by atoms with van der Waals surface area (Å²) in [4.78, 5) is 11.3. The number of aromatic hydroxyl groups is 2. The lowest BCUT2D eigenvalue weighted by atomic mass is 9.66. The van der Waals surface area contributed by atoms with Crippen molar-refractivity contribution in [2.24, 2.45) is 5.92 Å². The number of carboxylic acids is 1. The fourth-order valence-corrected chi connectivity index (χ4v) is 5.57. The molecule has 1 heterocycles. The molecular weight excluding hydrogens is 440 g/mol. The molecule has 35 heavy (non-hydrogen) atoms. The number of ether oxygens (including phenoxy) is 1. The molecule has 0 aromatic heterocycles. The molecule has 0 bridgehead atoms. The van der Waals surface area contributed by atoms with E-state index in [1.165, 1.54) is 25.7 Å². The number of unbranched alkanes of at least 4 members (excludes halogenated alkanes) is 6. The molecule has 3 N–H and O–H groups in total. The molecule has 5 nitrogen and oxygen atoms in total. The van der Waals surface area contributed by atoms with Gasteiger partial charge in [0.1, 0.15) is 17.2 Å². The summed E-state index contributed by atoms with van der Waals surface area (Å²) < 4.78 is 6.10. The van der Waals surface area contributed by atoms with Crippen LogP contribution in [0.2, 0.25) is 0 Å². The summed E-state index contributed by atoms with van der Waals surface area (Å²) in [6.07, 6.45) is 11.5. The Labute approximate surface area is 210 Å². The number of aliphatic carboxylic acids is 1. The van der Waals surface area contributed by atoms with E-state index in [-0.39, 0.29) is 28.7 Å². The smallest absolute Gasteiger partial charge is 0.306 e. The van der Waals surface area contributed by atoms with Crippen molar-refractivity contribution in [3.8, 4) is 17.2 Å². The second-order valence-corrected chi connectivity index (χ2v) is 10.4. The van der Waals surface area contributed by atoms with Gasteiger partial charge in [-0.3, -0.25) is 4.79 Å². The molecule has 3 rings (SSSR count). The lowest BCUT2D eigenvalue weighted by Gasteiger charge is -2.43. The standard InChI is InChI=1S/C30H42O5/c1-3-11-22(29(33)34)12-9-7-5-4-6-8-10-13-27-26-19-18-25(32)20-28(26)35-21-30(27,2)23-14-16-24(31)17-15-23/h14-20,22,27,31-32H,3-13,21H2,1-2H3,(H,33,34)/t22?,27-,30-/m1/s1. The van der Waals surface area contributed by atoms with Crippen molar-refractivity contribution in [2.75, 3.05) is 6.61 Å². The molecule has 1 aliphatic rings. The third-order valence-electron chi connectivity index (χ3n) is 7.73. The highest BCUT2D eigenvalue weighted by Gasteiger charge is 2.42. The van der Waals surface area contributed by atoms with Gasteiger partial charge in [0.15, 0.2) is 0 Å². The largest absolute Gasteiger partial charge is 0.508 e. The number of benzene rings is 2. The number of fused-ring (bicyclic) bond motifs is 1. The highest BCUT2D eigenvalue weighted by molar-refractivity contribution is 5.69. The first-order valence-electron chi connectivity index (χ1n) is 13.3. The minimum Gasteiger partial charge on any atom is -0.508 e. The molecule has 0 aliphatic carbocycles. The van der Waals surface area contributed by atoms with Crippen LogP contribution in [0, 0.1) is 5.92 Å². The number of phenolic OH excluding ortho intramolecular Hbond substituents is 2. The van der Waals surface area contributed by atoms with Crippen LogP contribution >= 0.6 is 0 Å². The van der Waals surface area contributed by atoms with Crippen LogP contribution in [0.5, 0.6) is 17.2 Å². The Kier molecular flexibility index (Phi) is 9.88. The molecule has 0 radical (unpaired) electrons. The predicted octanol–water partition coefficient (Wildman–Crippen LogP) is 7.54. The quantitative estimate of drug-likeness (QED) is 0.242. The molecular formula is C30H42O5. The molecule has 0 saturated carbocycles. The maximum atomic E-state index is 11.3. The van der Waals surface area contributed by atoms with Gasteiger partial charge in [-0.15, -0.1) is 0 Å². The zero-order valence-electron chi connectivity index (χ0n) is 21.3. The molecule has 0 fully saturated rings. The lowest BCUT2D eigenvalue weighted by molar-refractivity contribution is -0.142. The van der Waals surface area contributed by atoms with Crippen LogP contribution in [0.15, 0.2) is 42.5 Å². The van der Waals surface area contributed by atoms with Crippen molar-refractivity contribution < 1.29 is 24.9 Å². The average Bonchev–Trinajstić information content (AvgIpc) is 2.83. The fourth-order valence-electron chi connectivity index (χ4n) is 5.57. The van der Waals surface area contributed by atoms with E-state index in [0.717, 1.165) is 61.8 Å². The number of hydrogen-bond acceptors (Lipinski definition) is 4. The van der Waals surface area contributed by atoms with Crippen molar-refractivity contribution in [3.63, 3.8) is 0 Å². The van der Waals surface area contributed by atoms with Crippen molar-refractivity contribution in [2.45, 2.75) is 95.8 Å². The van der Waals surface area contributed by atoms with Crippen LogP contribution in [0.25, 0.3) is 0 Å². The average molecular weight is 483 g/mol. The summed E-state index contributed by atoms with van der Waals surface area (Å²) in [5.41, 5.74) is 2.09. The van der Waals surface area contributed by atoms with Crippen molar-refractivity contribution in [1.29, 1.82) is 0 Å². The second kappa shape index (κ2) is 12.9. The third kappa shape index (κ3) is 7.16. The number of carbonyl (C=O) groups is 1. The Morgan fingerprint density at radius 3 is 2.23 bits per heavy atom. The van der Waals surface area contributed by atoms with E-state index in [1.54, 1.807) is 24.3 Å². The van der Waals surface area contributed by atoms with Gasteiger partial charge in [0.25, 0.3) is 0 Å². The zero-order chi connectivity index (χ0) is 25.3.